The number of nitrogens with zero attached hydrogens (tertiary/aromatic N) is 1. The Morgan fingerprint density at radius 3 is 2.34 bits per heavy atom. The molecule has 5 nitrogen and oxygen atoms in total. The molecule has 0 aliphatic carbocycles. The lowest BCUT2D eigenvalue weighted by Gasteiger charge is -2.26. The smallest absolute Gasteiger partial charge is 0.161 e. The molecule has 0 aromatic heterocycles. The van der Waals surface area contributed by atoms with Crippen molar-refractivity contribution in [2.75, 3.05) is 46.5 Å². The van der Waals surface area contributed by atoms with Gasteiger partial charge in [-0.1, -0.05) is 35.9 Å². The quantitative estimate of drug-likeness (QED) is 0.421. The third-order valence-corrected chi connectivity index (χ3v) is 4.78. The highest BCUT2D eigenvalue weighted by atomic mass is 35.5. The molecule has 1 aliphatic rings. The highest BCUT2D eigenvalue weighted by Gasteiger charge is 2.10. The van der Waals surface area contributed by atoms with Crippen LogP contribution in [-0.2, 0) is 17.9 Å². The molecule has 0 amide bonds. The fourth-order valence-electron chi connectivity index (χ4n) is 3.08. The summed E-state index contributed by atoms with van der Waals surface area (Å²) >= 11 is 0. The summed E-state index contributed by atoms with van der Waals surface area (Å²) in [6.07, 6.45) is 0. The van der Waals surface area contributed by atoms with Crippen molar-refractivity contribution < 1.29 is 39.0 Å². The van der Waals surface area contributed by atoms with Crippen LogP contribution in [-0.4, -0.2) is 51.4 Å². The molecule has 0 unspecified atom stereocenters. The Hall–Kier alpha value is -1.50. The average Bonchev–Trinajstić information content (AvgIpc) is 2.72. The summed E-state index contributed by atoms with van der Waals surface area (Å²) < 4.78 is 16.8. The maximum atomic E-state index is 5.95. The summed E-state index contributed by atoms with van der Waals surface area (Å²) in [5.41, 5.74) is 3.59. The molecule has 1 heterocycles. The maximum Gasteiger partial charge on any atom is 0.161 e. The first-order valence-electron chi connectivity index (χ1n) is 9.60. The second-order valence-electron chi connectivity index (χ2n) is 6.89. The van der Waals surface area contributed by atoms with Crippen molar-refractivity contribution in [3.05, 3.63) is 59.2 Å². The molecule has 0 bridgehead atoms. The van der Waals surface area contributed by atoms with E-state index in [9.17, 15) is 0 Å². The number of ether oxygens (including phenoxy) is 3. The molecule has 3 rings (SSSR count). The minimum Gasteiger partial charge on any atom is -1.00 e. The van der Waals surface area contributed by atoms with Gasteiger partial charge < -0.3 is 44.3 Å². The minimum absolute atomic E-state index is 0. The van der Waals surface area contributed by atoms with Crippen molar-refractivity contribution in [2.45, 2.75) is 20.1 Å². The molecule has 0 radical (unpaired) electrons. The summed E-state index contributed by atoms with van der Waals surface area (Å²) in [6, 6.07) is 14.5. The van der Waals surface area contributed by atoms with Crippen LogP contribution < -0.4 is 39.6 Å². The third-order valence-electron chi connectivity index (χ3n) is 4.78. The van der Waals surface area contributed by atoms with Crippen molar-refractivity contribution in [3.8, 4) is 11.5 Å². The Balaban J connectivity index is 0.00000210. The van der Waals surface area contributed by atoms with Crippen LogP contribution in [0.1, 0.15) is 16.7 Å². The van der Waals surface area contributed by atoms with Crippen LogP contribution in [0.2, 0.25) is 0 Å². The van der Waals surface area contributed by atoms with E-state index in [2.05, 4.69) is 47.5 Å². The molecule has 0 saturated carbocycles. The van der Waals surface area contributed by atoms with Crippen LogP contribution in [0.25, 0.3) is 0 Å². The topological polar surface area (TPSA) is 43.0 Å². The lowest BCUT2D eigenvalue weighted by atomic mass is 10.1. The number of rotatable bonds is 9. The zero-order chi connectivity index (χ0) is 18.9. The molecule has 2 aromatic rings. The summed E-state index contributed by atoms with van der Waals surface area (Å²) in [6.45, 7) is 9.22. The fraction of sp³-hybridized carbons (Fsp3) is 0.455. The van der Waals surface area contributed by atoms with Gasteiger partial charge >= 0.3 is 0 Å². The van der Waals surface area contributed by atoms with Gasteiger partial charge in [0.2, 0.25) is 0 Å². The lowest BCUT2D eigenvalue weighted by Crippen LogP contribution is -3.00. The van der Waals surface area contributed by atoms with Gasteiger partial charge in [0.05, 0.1) is 20.3 Å². The van der Waals surface area contributed by atoms with Crippen molar-refractivity contribution in [1.29, 1.82) is 0 Å². The molecule has 1 saturated heterocycles. The van der Waals surface area contributed by atoms with Crippen molar-refractivity contribution in [1.82, 2.24) is 10.2 Å². The van der Waals surface area contributed by atoms with E-state index < -0.39 is 0 Å². The normalized spacial score (nSPS) is 13.9. The second-order valence-corrected chi connectivity index (χ2v) is 6.89. The van der Waals surface area contributed by atoms with Crippen LogP contribution in [0.5, 0.6) is 11.5 Å². The van der Waals surface area contributed by atoms with E-state index in [1.54, 1.807) is 7.11 Å². The predicted molar refractivity (Wildman–Crippen MR) is 107 cm³/mol. The Morgan fingerprint density at radius 2 is 1.66 bits per heavy atom. The number of morpholine rings is 1. The number of aryl methyl sites for hydroxylation is 1. The van der Waals surface area contributed by atoms with E-state index in [0.717, 1.165) is 63.0 Å². The molecule has 1 N–H and O–H groups in total. The highest BCUT2D eigenvalue weighted by molar-refractivity contribution is 5.43. The first-order chi connectivity index (χ1) is 13.2. The van der Waals surface area contributed by atoms with Gasteiger partial charge in [-0.2, -0.15) is 0 Å². The van der Waals surface area contributed by atoms with Gasteiger partial charge in [0, 0.05) is 32.7 Å². The molecule has 1 aliphatic heterocycles. The van der Waals surface area contributed by atoms with E-state index in [-0.39, 0.29) is 24.8 Å². The van der Waals surface area contributed by atoms with Gasteiger partial charge in [0.1, 0.15) is 6.61 Å². The first-order valence-corrected chi connectivity index (χ1v) is 9.60. The number of halogens is 2. The molecule has 162 valence electrons. The Labute approximate surface area is 186 Å². The Kier molecular flexibility index (Phi) is 12.0. The minimum atomic E-state index is 0. The summed E-state index contributed by atoms with van der Waals surface area (Å²) in [5.74, 6) is 1.55. The van der Waals surface area contributed by atoms with Crippen LogP contribution in [0.3, 0.4) is 0 Å². The SMILES string of the molecule is COc1cc(CNCCN2CCOCC2)ccc1OCc1ccc(C)cc1.[Cl-].[Cl-]. The van der Waals surface area contributed by atoms with Crippen molar-refractivity contribution in [2.24, 2.45) is 0 Å². The zero-order valence-corrected chi connectivity index (χ0v) is 18.6. The molecule has 29 heavy (non-hydrogen) atoms. The molecule has 0 spiro atoms. The standard InChI is InChI=1S/C22H30N2O3.2ClH/c1-18-3-5-19(6-4-18)17-27-21-8-7-20(15-22(21)25-2)16-23-9-10-24-11-13-26-14-12-24;;/h3-8,15,23H,9-14,16-17H2,1-2H3;2*1H/p-2. The van der Waals surface area contributed by atoms with Gasteiger partial charge in [0.25, 0.3) is 0 Å². The van der Waals surface area contributed by atoms with E-state index in [1.165, 1.54) is 11.1 Å². The molecular weight excluding hydrogens is 411 g/mol. The maximum absolute atomic E-state index is 5.95. The van der Waals surface area contributed by atoms with Crippen molar-refractivity contribution in [3.63, 3.8) is 0 Å². The highest BCUT2D eigenvalue weighted by Crippen LogP contribution is 2.28. The molecule has 0 atom stereocenters. The average molecular weight is 441 g/mol. The monoisotopic (exact) mass is 440 g/mol. The van der Waals surface area contributed by atoms with Gasteiger partial charge in [-0.05, 0) is 30.2 Å². The van der Waals surface area contributed by atoms with Crippen LogP contribution in [0, 0.1) is 6.92 Å². The first kappa shape index (κ1) is 25.5. The predicted octanol–water partition coefficient (Wildman–Crippen LogP) is -2.99. The van der Waals surface area contributed by atoms with E-state index in [1.807, 2.05) is 12.1 Å². The summed E-state index contributed by atoms with van der Waals surface area (Å²) in [7, 11) is 1.68. The van der Waals surface area contributed by atoms with E-state index in [4.69, 9.17) is 14.2 Å². The Bertz CT molecular complexity index is 708. The van der Waals surface area contributed by atoms with Gasteiger partial charge in [-0.15, -0.1) is 0 Å². The van der Waals surface area contributed by atoms with E-state index >= 15 is 0 Å². The van der Waals surface area contributed by atoms with Crippen molar-refractivity contribution >= 4 is 0 Å². The number of hydrogen-bond donors (Lipinski definition) is 1. The molecule has 2 aromatic carbocycles. The largest absolute Gasteiger partial charge is 1.00 e. The van der Waals surface area contributed by atoms with Gasteiger partial charge in [0.15, 0.2) is 11.5 Å². The van der Waals surface area contributed by atoms with Crippen LogP contribution in [0.4, 0.5) is 0 Å². The second kappa shape index (κ2) is 13.7. The zero-order valence-electron chi connectivity index (χ0n) is 17.1. The molecule has 1 fully saturated rings. The van der Waals surface area contributed by atoms with Gasteiger partial charge in [-0.3, -0.25) is 4.90 Å². The van der Waals surface area contributed by atoms with Crippen LogP contribution >= 0.6 is 0 Å². The molecule has 7 heteroatoms. The number of nitrogens with one attached hydrogen (secondary N) is 1. The fourth-order valence-corrected chi connectivity index (χ4v) is 3.08. The van der Waals surface area contributed by atoms with Crippen LogP contribution in [0.15, 0.2) is 42.5 Å². The summed E-state index contributed by atoms with van der Waals surface area (Å²) in [5, 5.41) is 3.50. The lowest BCUT2D eigenvalue weighted by molar-refractivity contribution is -0.00100. The van der Waals surface area contributed by atoms with Gasteiger partial charge in [-0.25, -0.2) is 0 Å². The number of methoxy groups -OCH3 is 1. The summed E-state index contributed by atoms with van der Waals surface area (Å²) in [4.78, 5) is 2.43. The molecular formula is C22H30Cl2N2O3-2. The third kappa shape index (κ3) is 8.41. The number of benzene rings is 2. The number of hydrogen-bond acceptors (Lipinski definition) is 5. The Morgan fingerprint density at radius 1 is 0.966 bits per heavy atom. The van der Waals surface area contributed by atoms with E-state index in [0.29, 0.717) is 6.61 Å².